The number of carbonyl (C=O) groups is 1. The molecule has 51 heavy (non-hydrogen) atoms. The van der Waals surface area contributed by atoms with Crippen molar-refractivity contribution in [3.8, 4) is 17.4 Å². The summed E-state index contributed by atoms with van der Waals surface area (Å²) in [6.07, 6.45) is 9.90. The summed E-state index contributed by atoms with van der Waals surface area (Å²) >= 11 is 0. The Morgan fingerprint density at radius 1 is 1.10 bits per heavy atom. The first-order chi connectivity index (χ1) is 24.7. The van der Waals surface area contributed by atoms with E-state index in [0.29, 0.717) is 12.4 Å². The minimum atomic E-state index is -0.510. The molecule has 1 aliphatic carbocycles. The monoisotopic (exact) mass is 700 g/mol. The second-order valence-corrected chi connectivity index (χ2v) is 15.5. The van der Waals surface area contributed by atoms with Crippen LogP contribution in [0.3, 0.4) is 0 Å². The van der Waals surface area contributed by atoms with E-state index in [1.54, 1.807) is 4.90 Å². The van der Waals surface area contributed by atoms with Crippen LogP contribution in [0.25, 0.3) is 0 Å². The van der Waals surface area contributed by atoms with E-state index in [1.165, 1.54) is 42.9 Å². The number of benzene rings is 1. The molecule has 13 heteroatoms. The van der Waals surface area contributed by atoms with Crippen molar-refractivity contribution in [2.24, 2.45) is 5.41 Å². The quantitative estimate of drug-likeness (QED) is 0.262. The van der Waals surface area contributed by atoms with Crippen LogP contribution in [0.1, 0.15) is 74.5 Å². The summed E-state index contributed by atoms with van der Waals surface area (Å²) in [5, 5.41) is 8.17. The average molecular weight is 701 g/mol. The molecule has 4 fully saturated rings. The highest BCUT2D eigenvalue weighted by Crippen LogP contribution is 2.52. The summed E-state index contributed by atoms with van der Waals surface area (Å²) in [7, 11) is 0. The van der Waals surface area contributed by atoms with Gasteiger partial charge in [-0.25, -0.2) is 9.37 Å². The van der Waals surface area contributed by atoms with Gasteiger partial charge in [-0.3, -0.25) is 19.6 Å². The number of aromatic nitrogens is 4. The van der Waals surface area contributed by atoms with Crippen LogP contribution in [-0.2, 0) is 17.7 Å². The zero-order chi connectivity index (χ0) is 35.2. The zero-order valence-electron chi connectivity index (χ0n) is 30.0. The maximum absolute atomic E-state index is 14.3. The fourth-order valence-corrected chi connectivity index (χ4v) is 8.86. The molecule has 12 nitrogen and oxygen atoms in total. The van der Waals surface area contributed by atoms with Crippen LogP contribution in [0, 0.1) is 11.2 Å². The van der Waals surface area contributed by atoms with Gasteiger partial charge in [0.1, 0.15) is 29.7 Å². The molecule has 1 amide bonds. The van der Waals surface area contributed by atoms with Crippen molar-refractivity contribution in [3.63, 3.8) is 0 Å². The molecular formula is C38H49FN8O4. The molecule has 3 saturated heterocycles. The van der Waals surface area contributed by atoms with Gasteiger partial charge in [0.15, 0.2) is 5.82 Å². The van der Waals surface area contributed by atoms with Crippen molar-refractivity contribution < 1.29 is 23.4 Å². The van der Waals surface area contributed by atoms with Crippen molar-refractivity contribution in [2.45, 2.75) is 83.6 Å². The van der Waals surface area contributed by atoms with Gasteiger partial charge in [-0.15, -0.1) is 10.2 Å². The lowest BCUT2D eigenvalue weighted by molar-refractivity contribution is -0.111. The molecule has 0 atom stereocenters. The topological polar surface area (TPSA) is 109 Å². The van der Waals surface area contributed by atoms with Crippen LogP contribution < -0.4 is 14.4 Å². The Balaban J connectivity index is 0.849. The number of hydrogen-bond donors (Lipinski definition) is 0. The third-order valence-corrected chi connectivity index (χ3v) is 11.4. The molecule has 8 rings (SSSR count). The summed E-state index contributed by atoms with van der Waals surface area (Å²) in [4.78, 5) is 31.5. The first-order valence-corrected chi connectivity index (χ1v) is 18.7. The Kier molecular flexibility index (Phi) is 9.30. The molecule has 6 heterocycles. The Hall–Kier alpha value is -3.94. The van der Waals surface area contributed by atoms with Gasteiger partial charge in [0.2, 0.25) is 0 Å². The van der Waals surface area contributed by atoms with Crippen molar-refractivity contribution in [3.05, 3.63) is 59.4 Å². The van der Waals surface area contributed by atoms with Gasteiger partial charge in [-0.05, 0) is 90.2 Å². The number of hydrogen-bond acceptors (Lipinski definition) is 11. The molecule has 0 bridgehead atoms. The lowest BCUT2D eigenvalue weighted by Gasteiger charge is -2.58. The lowest BCUT2D eigenvalue weighted by Crippen LogP contribution is -2.65. The highest BCUT2D eigenvalue weighted by Gasteiger charge is 2.54. The van der Waals surface area contributed by atoms with Crippen molar-refractivity contribution in [1.29, 1.82) is 0 Å². The standard InChI is InChI=1S/C38H49FN8O4/c1-4-47(26(2)3)36(48)29-17-27(39)7-8-32(29)51-35-34(41-25-42-43-35)46-21-37(22-46)18-28(19-37)50-33-9-12-40-31-10-15-44(20-30(31)33)13-6-14-45-23-38(24-45)11-5-16-49-38/h7-9,12,17,25-26,28H,4-6,10-11,13-16,18-24H2,1-3H3. The molecule has 0 unspecified atom stereocenters. The summed E-state index contributed by atoms with van der Waals surface area (Å²) in [5.74, 6) is 1.13. The average Bonchev–Trinajstić information content (AvgIpc) is 3.57. The number of likely N-dealkylation sites (tertiary alicyclic amines) is 1. The molecule has 3 aromatic rings. The minimum absolute atomic E-state index is 0.0516. The molecular weight excluding hydrogens is 651 g/mol. The summed E-state index contributed by atoms with van der Waals surface area (Å²) < 4.78 is 33.1. The minimum Gasteiger partial charge on any atom is -0.490 e. The van der Waals surface area contributed by atoms with E-state index in [2.05, 4.69) is 29.9 Å². The highest BCUT2D eigenvalue weighted by atomic mass is 19.1. The normalized spacial score (nSPS) is 20.9. The highest BCUT2D eigenvalue weighted by molar-refractivity contribution is 5.97. The van der Waals surface area contributed by atoms with E-state index in [0.717, 1.165) is 96.1 Å². The molecule has 5 aliphatic rings. The Morgan fingerprint density at radius 2 is 1.92 bits per heavy atom. The van der Waals surface area contributed by atoms with Crippen LogP contribution >= 0.6 is 0 Å². The number of carbonyl (C=O) groups excluding carboxylic acids is 1. The number of ether oxygens (including phenoxy) is 3. The van der Waals surface area contributed by atoms with Gasteiger partial charge in [0, 0.05) is 87.8 Å². The summed E-state index contributed by atoms with van der Waals surface area (Å²) in [6, 6.07) is 5.94. The molecule has 2 spiro atoms. The number of fused-ring (bicyclic) bond motifs is 1. The largest absolute Gasteiger partial charge is 0.490 e. The number of amides is 1. The van der Waals surface area contributed by atoms with Crippen molar-refractivity contribution in [2.75, 3.05) is 63.9 Å². The first kappa shape index (κ1) is 34.2. The Labute approximate surface area is 299 Å². The third-order valence-electron chi connectivity index (χ3n) is 11.4. The van der Waals surface area contributed by atoms with Crippen molar-refractivity contribution >= 4 is 11.7 Å². The Morgan fingerprint density at radius 3 is 2.69 bits per heavy atom. The number of rotatable bonds is 12. The van der Waals surface area contributed by atoms with Crippen molar-refractivity contribution in [1.82, 2.24) is 34.9 Å². The molecule has 0 radical (unpaired) electrons. The van der Waals surface area contributed by atoms with Gasteiger partial charge >= 0.3 is 0 Å². The summed E-state index contributed by atoms with van der Waals surface area (Å²) in [5.41, 5.74) is 2.86. The molecule has 1 aromatic carbocycles. The second-order valence-electron chi connectivity index (χ2n) is 15.5. The lowest BCUT2D eigenvalue weighted by atomic mass is 9.61. The van der Waals surface area contributed by atoms with E-state index in [4.69, 9.17) is 19.2 Å². The number of nitrogens with zero attached hydrogens (tertiary/aromatic N) is 8. The SMILES string of the molecule is CCN(C(=O)c1cc(F)ccc1Oc1nncnc1N1CC2(CC(Oc3ccnc4c3CN(CCCN3CC5(CCCO5)C3)CC4)C2)C1)C(C)C. The molecule has 272 valence electrons. The van der Waals surface area contributed by atoms with Gasteiger partial charge < -0.3 is 24.0 Å². The predicted octanol–water partition coefficient (Wildman–Crippen LogP) is 4.73. The number of pyridine rings is 1. The first-order valence-electron chi connectivity index (χ1n) is 18.7. The van der Waals surface area contributed by atoms with Crippen LogP contribution in [-0.4, -0.2) is 117 Å². The van der Waals surface area contributed by atoms with Gasteiger partial charge in [0.25, 0.3) is 11.8 Å². The van der Waals surface area contributed by atoms with Gasteiger partial charge in [-0.1, -0.05) is 0 Å². The third kappa shape index (κ3) is 6.87. The fourth-order valence-electron chi connectivity index (χ4n) is 8.86. The predicted molar refractivity (Wildman–Crippen MR) is 189 cm³/mol. The van der Waals surface area contributed by atoms with Crippen LogP contribution in [0.5, 0.6) is 17.4 Å². The maximum atomic E-state index is 14.3. The van der Waals surface area contributed by atoms with Gasteiger partial charge in [0.05, 0.1) is 11.2 Å². The molecule has 4 aliphatic heterocycles. The molecule has 1 saturated carbocycles. The van der Waals surface area contributed by atoms with E-state index >= 15 is 0 Å². The van der Waals surface area contributed by atoms with Crippen LogP contribution in [0.15, 0.2) is 36.8 Å². The van der Waals surface area contributed by atoms with Gasteiger partial charge in [-0.2, -0.15) is 0 Å². The van der Waals surface area contributed by atoms with E-state index in [9.17, 15) is 9.18 Å². The number of halogens is 1. The van der Waals surface area contributed by atoms with E-state index in [-0.39, 0.29) is 46.3 Å². The molecule has 0 N–H and O–H groups in total. The fraction of sp³-hybridized carbons (Fsp3) is 0.605. The van der Waals surface area contributed by atoms with E-state index < -0.39 is 5.82 Å². The van der Waals surface area contributed by atoms with Crippen LogP contribution in [0.4, 0.5) is 10.2 Å². The maximum Gasteiger partial charge on any atom is 0.282 e. The Bertz CT molecular complexity index is 1730. The number of anilines is 1. The summed E-state index contributed by atoms with van der Waals surface area (Å²) in [6.45, 7) is 15.1. The van der Waals surface area contributed by atoms with E-state index in [1.807, 2.05) is 33.0 Å². The zero-order valence-corrected chi connectivity index (χ0v) is 30.0. The molecule has 2 aromatic heterocycles. The second kappa shape index (κ2) is 13.9. The van der Waals surface area contributed by atoms with Crippen LogP contribution in [0.2, 0.25) is 0 Å². The smallest absolute Gasteiger partial charge is 0.282 e.